The third kappa shape index (κ3) is 4.06. The number of hydrogen-bond acceptors (Lipinski definition) is 1. The fourth-order valence-corrected chi connectivity index (χ4v) is 0.743. The highest BCUT2D eigenvalue weighted by Crippen LogP contribution is 2.05. The van der Waals surface area contributed by atoms with Crippen LogP contribution in [0.15, 0.2) is 61.3 Å². The molecular weight excluding hydrogens is 160 g/mol. The Hall–Kier alpha value is -1.63. The quantitative estimate of drug-likeness (QED) is 0.462. The summed E-state index contributed by atoms with van der Waals surface area (Å²) in [4.78, 5) is 11.4. The number of rotatable bonds is 5. The Morgan fingerprint density at radius 1 is 1.15 bits per heavy atom. The predicted molar refractivity (Wildman–Crippen MR) is 57.4 cm³/mol. The SMILES string of the molecule is C=C/C=C\C(=C)C(=O)C(=C)/C=C\C. The summed E-state index contributed by atoms with van der Waals surface area (Å²) < 4.78 is 0. The van der Waals surface area contributed by atoms with Crippen LogP contribution in [0.25, 0.3) is 0 Å². The van der Waals surface area contributed by atoms with E-state index in [1.165, 1.54) is 0 Å². The molecular formula is C12H14O. The first-order valence-corrected chi connectivity index (χ1v) is 3.97. The zero-order valence-corrected chi connectivity index (χ0v) is 7.92. The Morgan fingerprint density at radius 3 is 2.15 bits per heavy atom. The Labute approximate surface area is 79.5 Å². The molecule has 1 heteroatoms. The molecule has 0 spiro atoms. The van der Waals surface area contributed by atoms with Gasteiger partial charge in [0.2, 0.25) is 0 Å². The van der Waals surface area contributed by atoms with Gasteiger partial charge in [-0.05, 0) is 6.92 Å². The summed E-state index contributed by atoms with van der Waals surface area (Å²) in [5, 5.41) is 0. The first kappa shape index (κ1) is 11.4. The maximum Gasteiger partial charge on any atom is 0.191 e. The molecule has 68 valence electrons. The maximum absolute atomic E-state index is 11.4. The van der Waals surface area contributed by atoms with Crippen LogP contribution in [-0.2, 0) is 4.79 Å². The van der Waals surface area contributed by atoms with Crippen LogP contribution >= 0.6 is 0 Å². The van der Waals surface area contributed by atoms with Gasteiger partial charge in [-0.2, -0.15) is 0 Å². The molecule has 0 saturated carbocycles. The van der Waals surface area contributed by atoms with Gasteiger partial charge in [-0.25, -0.2) is 0 Å². The highest BCUT2D eigenvalue weighted by atomic mass is 16.1. The summed E-state index contributed by atoms with van der Waals surface area (Å²) in [5.74, 6) is -0.142. The van der Waals surface area contributed by atoms with Crippen molar-refractivity contribution in [1.29, 1.82) is 0 Å². The first-order chi connectivity index (χ1) is 6.13. The van der Waals surface area contributed by atoms with Crippen molar-refractivity contribution >= 4 is 5.78 Å². The average molecular weight is 174 g/mol. The van der Waals surface area contributed by atoms with E-state index in [4.69, 9.17) is 0 Å². The standard InChI is InChI=1S/C12H14O/c1-5-7-9-11(4)12(13)10(3)8-6-2/h5-9H,1,3-4H2,2H3/b8-6-,9-7-. The lowest BCUT2D eigenvalue weighted by Crippen LogP contribution is -2.00. The molecule has 0 fully saturated rings. The van der Waals surface area contributed by atoms with Crippen LogP contribution in [0, 0.1) is 0 Å². The Morgan fingerprint density at radius 2 is 1.69 bits per heavy atom. The molecule has 0 heterocycles. The normalized spacial score (nSPS) is 10.5. The van der Waals surface area contributed by atoms with Gasteiger partial charge in [0.25, 0.3) is 0 Å². The Balaban J connectivity index is 4.43. The number of ketones is 1. The lowest BCUT2D eigenvalue weighted by Gasteiger charge is -1.97. The van der Waals surface area contributed by atoms with Gasteiger partial charge in [-0.3, -0.25) is 4.79 Å². The molecule has 0 amide bonds. The van der Waals surface area contributed by atoms with Crippen molar-refractivity contribution in [3.05, 3.63) is 61.3 Å². The van der Waals surface area contributed by atoms with E-state index in [2.05, 4.69) is 19.7 Å². The Bertz CT molecular complexity index is 290. The van der Waals surface area contributed by atoms with Gasteiger partial charge in [-0.1, -0.05) is 50.1 Å². The minimum atomic E-state index is -0.142. The van der Waals surface area contributed by atoms with E-state index >= 15 is 0 Å². The zero-order valence-electron chi connectivity index (χ0n) is 7.92. The van der Waals surface area contributed by atoms with Gasteiger partial charge in [0.15, 0.2) is 5.78 Å². The second-order valence-corrected chi connectivity index (χ2v) is 2.47. The van der Waals surface area contributed by atoms with Crippen molar-refractivity contribution in [2.24, 2.45) is 0 Å². The summed E-state index contributed by atoms with van der Waals surface area (Å²) in [6, 6.07) is 0. The van der Waals surface area contributed by atoms with Gasteiger partial charge in [0.05, 0.1) is 0 Å². The molecule has 13 heavy (non-hydrogen) atoms. The van der Waals surface area contributed by atoms with Gasteiger partial charge >= 0.3 is 0 Å². The first-order valence-electron chi connectivity index (χ1n) is 3.97. The van der Waals surface area contributed by atoms with Crippen molar-refractivity contribution in [2.75, 3.05) is 0 Å². The monoisotopic (exact) mass is 174 g/mol. The maximum atomic E-state index is 11.4. The number of carbonyl (C=O) groups excluding carboxylic acids is 1. The van der Waals surface area contributed by atoms with E-state index in [9.17, 15) is 4.79 Å². The van der Waals surface area contributed by atoms with Crippen molar-refractivity contribution in [3.8, 4) is 0 Å². The van der Waals surface area contributed by atoms with Crippen LogP contribution in [0.3, 0.4) is 0 Å². The molecule has 1 nitrogen and oxygen atoms in total. The van der Waals surface area contributed by atoms with Gasteiger partial charge in [0, 0.05) is 11.1 Å². The third-order valence-electron chi connectivity index (χ3n) is 1.38. The molecule has 0 aliphatic rings. The summed E-state index contributed by atoms with van der Waals surface area (Å²) in [5.41, 5.74) is 0.865. The summed E-state index contributed by atoms with van der Waals surface area (Å²) in [6.45, 7) is 12.6. The lowest BCUT2D eigenvalue weighted by molar-refractivity contribution is -0.111. The van der Waals surface area contributed by atoms with Crippen LogP contribution in [0.5, 0.6) is 0 Å². The molecule has 0 N–H and O–H groups in total. The molecule has 0 saturated heterocycles. The second kappa shape index (κ2) is 5.95. The van der Waals surface area contributed by atoms with Crippen LogP contribution in [-0.4, -0.2) is 5.78 Å². The molecule has 0 rings (SSSR count). The van der Waals surface area contributed by atoms with Crippen LogP contribution in [0.4, 0.5) is 0 Å². The van der Waals surface area contributed by atoms with E-state index in [0.717, 1.165) is 0 Å². The van der Waals surface area contributed by atoms with E-state index < -0.39 is 0 Å². The summed E-state index contributed by atoms with van der Waals surface area (Å²) in [6.07, 6.45) is 8.31. The molecule has 0 bridgehead atoms. The van der Waals surface area contributed by atoms with Gasteiger partial charge < -0.3 is 0 Å². The van der Waals surface area contributed by atoms with Crippen LogP contribution in [0.1, 0.15) is 6.92 Å². The fraction of sp³-hybridized carbons (Fsp3) is 0.0833. The number of allylic oxidation sites excluding steroid dienone is 7. The van der Waals surface area contributed by atoms with Crippen molar-refractivity contribution in [3.63, 3.8) is 0 Å². The molecule has 0 aromatic rings. The zero-order chi connectivity index (χ0) is 10.3. The number of carbonyl (C=O) groups is 1. The van der Waals surface area contributed by atoms with E-state index in [1.54, 1.807) is 30.4 Å². The highest BCUT2D eigenvalue weighted by molar-refractivity contribution is 6.11. The smallest absolute Gasteiger partial charge is 0.191 e. The highest BCUT2D eigenvalue weighted by Gasteiger charge is 2.04. The van der Waals surface area contributed by atoms with E-state index in [-0.39, 0.29) is 5.78 Å². The average Bonchev–Trinajstić information content (AvgIpc) is 2.13. The largest absolute Gasteiger partial charge is 0.289 e. The van der Waals surface area contributed by atoms with E-state index in [1.807, 2.05) is 6.92 Å². The summed E-state index contributed by atoms with van der Waals surface area (Å²) >= 11 is 0. The van der Waals surface area contributed by atoms with Crippen molar-refractivity contribution in [2.45, 2.75) is 6.92 Å². The number of hydrogen-bond donors (Lipinski definition) is 0. The van der Waals surface area contributed by atoms with Crippen LogP contribution < -0.4 is 0 Å². The molecule has 0 atom stereocenters. The minimum Gasteiger partial charge on any atom is -0.289 e. The molecule has 0 radical (unpaired) electrons. The van der Waals surface area contributed by atoms with Crippen molar-refractivity contribution < 1.29 is 4.79 Å². The second-order valence-electron chi connectivity index (χ2n) is 2.47. The minimum absolute atomic E-state index is 0.142. The molecule has 0 aliphatic heterocycles. The van der Waals surface area contributed by atoms with Gasteiger partial charge in [0.1, 0.15) is 0 Å². The third-order valence-corrected chi connectivity index (χ3v) is 1.38. The van der Waals surface area contributed by atoms with Crippen molar-refractivity contribution in [1.82, 2.24) is 0 Å². The fourth-order valence-electron chi connectivity index (χ4n) is 0.743. The lowest BCUT2D eigenvalue weighted by atomic mass is 10.1. The number of Topliss-reactive ketones (excluding diaryl/α,β-unsaturated/α-hetero) is 1. The summed E-state index contributed by atoms with van der Waals surface area (Å²) in [7, 11) is 0. The van der Waals surface area contributed by atoms with Crippen LogP contribution in [0.2, 0.25) is 0 Å². The Kier molecular flexibility index (Phi) is 5.20. The molecule has 0 aromatic carbocycles. The van der Waals surface area contributed by atoms with E-state index in [0.29, 0.717) is 11.1 Å². The molecule has 0 aliphatic carbocycles. The molecule has 0 aromatic heterocycles. The van der Waals surface area contributed by atoms with Gasteiger partial charge in [-0.15, -0.1) is 0 Å². The topological polar surface area (TPSA) is 17.1 Å². The predicted octanol–water partition coefficient (Wildman–Crippen LogP) is 2.99. The molecule has 0 unspecified atom stereocenters.